The first-order valence-corrected chi connectivity index (χ1v) is 20.1. The van der Waals surface area contributed by atoms with Gasteiger partial charge in [0.2, 0.25) is 23.6 Å². The van der Waals surface area contributed by atoms with Crippen LogP contribution in [0.5, 0.6) is 0 Å². The quantitative estimate of drug-likeness (QED) is 0.0454. The van der Waals surface area contributed by atoms with Gasteiger partial charge in [-0.1, -0.05) is 51.3 Å². The number of carbonyl (C=O) groups is 5. The van der Waals surface area contributed by atoms with Gasteiger partial charge in [0.1, 0.15) is 18.7 Å². The molecule has 0 spiro atoms. The lowest BCUT2D eigenvalue weighted by Gasteiger charge is -2.25. The van der Waals surface area contributed by atoms with E-state index in [0.29, 0.717) is 69.8 Å². The Morgan fingerprint density at radius 3 is 2.07 bits per heavy atom. The molecule has 6 amide bonds. The van der Waals surface area contributed by atoms with Crippen molar-refractivity contribution in [1.29, 1.82) is 0 Å². The zero-order valence-electron chi connectivity index (χ0n) is 33.5. The predicted octanol–water partition coefficient (Wildman–Crippen LogP) is 1.67. The number of allylic oxidation sites excluding steroid dienone is 1. The van der Waals surface area contributed by atoms with Gasteiger partial charge in [-0.05, 0) is 54.9 Å². The lowest BCUT2D eigenvalue weighted by atomic mass is 9.98. The summed E-state index contributed by atoms with van der Waals surface area (Å²) in [6, 6.07) is 4.03. The highest BCUT2D eigenvalue weighted by Crippen LogP contribution is 2.41. The molecule has 4 atom stereocenters. The Morgan fingerprint density at radius 2 is 1.42 bits per heavy atom. The molecule has 1 aromatic rings. The SMILES string of the molecule is CC(C)[C@H](NC(=O)CCOCCOCCOCCOCCNC(=O)COC1CCCCCC2C=C21)C(=O)N[C@@H](CCCNC(N)=O)C(=O)Nc1ccc(CO)cc1. The minimum Gasteiger partial charge on any atom is -0.392 e. The largest absolute Gasteiger partial charge is 0.392 e. The van der Waals surface area contributed by atoms with Crippen molar-refractivity contribution in [3.63, 3.8) is 0 Å². The van der Waals surface area contributed by atoms with Crippen LogP contribution in [0.25, 0.3) is 0 Å². The first-order chi connectivity index (χ1) is 27.6. The van der Waals surface area contributed by atoms with Gasteiger partial charge in [-0.25, -0.2) is 4.79 Å². The second-order valence-electron chi connectivity index (χ2n) is 14.4. The summed E-state index contributed by atoms with van der Waals surface area (Å²) in [4.78, 5) is 62.4. The van der Waals surface area contributed by atoms with E-state index in [1.54, 1.807) is 38.1 Å². The Labute approximate surface area is 335 Å². The third kappa shape index (κ3) is 20.2. The number of benzene rings is 1. The van der Waals surface area contributed by atoms with Crippen molar-refractivity contribution in [3.05, 3.63) is 41.5 Å². The maximum Gasteiger partial charge on any atom is 0.312 e. The van der Waals surface area contributed by atoms with Crippen molar-refractivity contribution in [2.24, 2.45) is 17.6 Å². The topological polar surface area (TPSA) is 238 Å². The van der Waals surface area contributed by atoms with E-state index in [2.05, 4.69) is 32.7 Å². The van der Waals surface area contributed by atoms with Crippen LogP contribution in [0.4, 0.5) is 10.5 Å². The summed E-state index contributed by atoms with van der Waals surface area (Å²) in [6.07, 6.45) is 8.77. The number of anilines is 1. The fourth-order valence-corrected chi connectivity index (χ4v) is 6.17. The van der Waals surface area contributed by atoms with Crippen LogP contribution in [0.2, 0.25) is 0 Å². The molecule has 0 radical (unpaired) electrons. The van der Waals surface area contributed by atoms with Crippen LogP contribution in [-0.4, -0.2) is 126 Å². The Kier molecular flexibility index (Phi) is 22.8. The van der Waals surface area contributed by atoms with Crippen molar-refractivity contribution in [1.82, 2.24) is 21.3 Å². The molecule has 17 heteroatoms. The Morgan fingerprint density at radius 1 is 0.772 bits per heavy atom. The van der Waals surface area contributed by atoms with Crippen LogP contribution < -0.4 is 32.3 Å². The molecule has 0 aromatic heterocycles. The summed E-state index contributed by atoms with van der Waals surface area (Å²) in [6.45, 7) is 6.70. The second kappa shape index (κ2) is 27.5. The monoisotopic (exact) mass is 804 g/mol. The Balaban J connectivity index is 1.20. The van der Waals surface area contributed by atoms with Crippen molar-refractivity contribution >= 4 is 35.3 Å². The van der Waals surface area contributed by atoms with Crippen molar-refractivity contribution in [2.75, 3.05) is 77.9 Å². The number of nitrogens with two attached hydrogens (primary N) is 1. The zero-order chi connectivity index (χ0) is 41.3. The number of urea groups is 1. The van der Waals surface area contributed by atoms with Gasteiger partial charge >= 0.3 is 6.03 Å². The molecule has 1 aromatic carbocycles. The number of amides is 6. The number of carbonyl (C=O) groups excluding carboxylic acids is 5. The lowest BCUT2D eigenvalue weighted by molar-refractivity contribution is -0.132. The molecular weight excluding hydrogens is 740 g/mol. The van der Waals surface area contributed by atoms with Gasteiger partial charge in [-0.2, -0.15) is 0 Å². The molecule has 1 fully saturated rings. The van der Waals surface area contributed by atoms with E-state index in [0.717, 1.165) is 12.8 Å². The fourth-order valence-electron chi connectivity index (χ4n) is 6.17. The summed E-state index contributed by atoms with van der Waals surface area (Å²) in [5.41, 5.74) is 7.66. The molecule has 3 rings (SSSR count). The highest BCUT2D eigenvalue weighted by molar-refractivity contribution is 5.98. The smallest absolute Gasteiger partial charge is 0.312 e. The number of primary amides is 1. The molecule has 0 saturated heterocycles. The molecule has 2 aliphatic rings. The van der Waals surface area contributed by atoms with Crippen molar-refractivity contribution < 1.29 is 52.8 Å². The normalized spacial score (nSPS) is 17.2. The van der Waals surface area contributed by atoms with Gasteiger partial charge in [0.05, 0.1) is 65.6 Å². The van der Waals surface area contributed by atoms with Crippen LogP contribution in [0.3, 0.4) is 0 Å². The maximum absolute atomic E-state index is 13.3. The second-order valence-corrected chi connectivity index (χ2v) is 14.4. The van der Waals surface area contributed by atoms with Gasteiger partial charge in [-0.3, -0.25) is 19.2 Å². The summed E-state index contributed by atoms with van der Waals surface area (Å²) < 4.78 is 27.9. The summed E-state index contributed by atoms with van der Waals surface area (Å²) in [5, 5.41) is 22.8. The van der Waals surface area contributed by atoms with Gasteiger partial charge in [0.25, 0.3) is 0 Å². The summed E-state index contributed by atoms with van der Waals surface area (Å²) in [5.74, 6) is -1.22. The molecule has 0 bridgehead atoms. The van der Waals surface area contributed by atoms with Crippen LogP contribution in [-0.2, 0) is 49.5 Å². The predicted molar refractivity (Wildman–Crippen MR) is 212 cm³/mol. The van der Waals surface area contributed by atoms with E-state index >= 15 is 0 Å². The molecule has 320 valence electrons. The van der Waals surface area contributed by atoms with Crippen LogP contribution in [0, 0.1) is 11.8 Å². The number of rotatable bonds is 29. The highest BCUT2D eigenvalue weighted by atomic mass is 16.6. The molecule has 57 heavy (non-hydrogen) atoms. The van der Waals surface area contributed by atoms with Gasteiger partial charge in [0.15, 0.2) is 0 Å². The van der Waals surface area contributed by atoms with Crippen LogP contribution in [0.15, 0.2) is 35.9 Å². The molecule has 1 saturated carbocycles. The number of hydrogen-bond acceptors (Lipinski definition) is 11. The van der Waals surface area contributed by atoms with Gasteiger partial charge < -0.3 is 61.1 Å². The van der Waals surface area contributed by atoms with E-state index in [4.69, 9.17) is 29.4 Å². The standard InChI is InChI=1S/C40H64N6O11/c1-28(2)37(39(51)45-33(8-6-15-43-40(41)52)38(50)44-31-12-10-29(26-47)11-13-31)46-35(48)14-17-53-19-21-55-23-24-56-22-20-54-18-16-42-36(49)27-57-34-9-5-3-4-7-30-25-32(30)34/h10-13,25,28,30,33-34,37,47H,3-9,14-24,26-27H2,1-2H3,(H,42,49)(H,44,50)(H,45,51)(H,46,48)(H3,41,43,52)/t30?,33-,34?,37-/m0/s1. The molecular formula is C40H64N6O11. The zero-order valence-corrected chi connectivity index (χ0v) is 33.5. The molecule has 0 aliphatic heterocycles. The Bertz CT molecular complexity index is 1410. The molecule has 0 heterocycles. The Hall–Kier alpha value is -4.13. The average Bonchev–Trinajstić information content (AvgIpc) is 3.94. The number of nitrogens with one attached hydrogen (secondary N) is 5. The molecule has 8 N–H and O–H groups in total. The molecule has 17 nitrogen and oxygen atoms in total. The number of aliphatic hydroxyl groups excluding tert-OH is 1. The minimum absolute atomic E-state index is 0.0168. The number of aliphatic hydroxyl groups is 1. The average molecular weight is 805 g/mol. The maximum atomic E-state index is 13.3. The third-order valence-corrected chi connectivity index (χ3v) is 9.41. The highest BCUT2D eigenvalue weighted by Gasteiger charge is 2.33. The molecule has 2 unspecified atom stereocenters. The van der Waals surface area contributed by atoms with Gasteiger partial charge in [-0.15, -0.1) is 0 Å². The van der Waals surface area contributed by atoms with Crippen molar-refractivity contribution in [2.45, 2.75) is 90.0 Å². The lowest BCUT2D eigenvalue weighted by Crippen LogP contribution is -2.54. The number of ether oxygens (including phenoxy) is 5. The first-order valence-electron chi connectivity index (χ1n) is 20.1. The van der Waals surface area contributed by atoms with E-state index in [1.807, 2.05) is 0 Å². The minimum atomic E-state index is -0.967. The van der Waals surface area contributed by atoms with Gasteiger partial charge in [0, 0.05) is 31.1 Å². The first kappa shape index (κ1) is 47.2. The molecule has 2 aliphatic carbocycles. The van der Waals surface area contributed by atoms with E-state index in [9.17, 15) is 29.1 Å². The van der Waals surface area contributed by atoms with Crippen LogP contribution in [0.1, 0.15) is 70.8 Å². The van der Waals surface area contributed by atoms with E-state index in [-0.39, 0.29) is 69.7 Å². The van der Waals surface area contributed by atoms with Crippen LogP contribution >= 0.6 is 0 Å². The number of fused-ring (bicyclic) bond motifs is 1. The fraction of sp³-hybridized carbons (Fsp3) is 0.675. The number of hydrogen-bond donors (Lipinski definition) is 7. The summed E-state index contributed by atoms with van der Waals surface area (Å²) >= 11 is 0. The van der Waals surface area contributed by atoms with E-state index < -0.39 is 29.9 Å². The third-order valence-electron chi connectivity index (χ3n) is 9.41. The summed E-state index contributed by atoms with van der Waals surface area (Å²) in [7, 11) is 0. The van der Waals surface area contributed by atoms with E-state index in [1.165, 1.54) is 24.8 Å². The van der Waals surface area contributed by atoms with Crippen molar-refractivity contribution in [3.8, 4) is 0 Å².